The van der Waals surface area contributed by atoms with E-state index < -0.39 is 0 Å². The van der Waals surface area contributed by atoms with Crippen LogP contribution in [0.25, 0.3) is 0 Å². The van der Waals surface area contributed by atoms with Gasteiger partial charge in [-0.2, -0.15) is 0 Å². The minimum atomic E-state index is -0.123. The van der Waals surface area contributed by atoms with E-state index in [0.717, 1.165) is 0 Å². The minimum Gasteiger partial charge on any atom is -0.328 e. The number of nitrogens with one attached hydrogen (secondary N) is 2. The van der Waals surface area contributed by atoms with Crippen LogP contribution in [0, 0.1) is 0 Å². The van der Waals surface area contributed by atoms with Crippen molar-refractivity contribution in [1.29, 1.82) is 0 Å². The molecule has 1 atom stereocenters. The van der Waals surface area contributed by atoms with Crippen molar-refractivity contribution in [2.75, 3.05) is 17.2 Å². The highest BCUT2D eigenvalue weighted by Gasteiger charge is 2.20. The second kappa shape index (κ2) is 10.2. The summed E-state index contributed by atoms with van der Waals surface area (Å²) in [4.78, 5) is 24.8. The topological polar surface area (TPSA) is 74.8 Å². The molecule has 3 aromatic rings. The van der Waals surface area contributed by atoms with Gasteiger partial charge in [0.1, 0.15) is 6.04 Å². The summed E-state index contributed by atoms with van der Waals surface area (Å²) in [5.74, 6) is 0.302. The standard InChI is InChI=1S/C24H27N3O2S/c1-16(2)18-6-8-19(9-7-18)24(22-5-4-14-30-22)25-15-23(29)27-21-12-10-20(11-13-21)26-17(3)28/h4-14,16,24-25H,15H2,1-3H3,(H,26,28)(H,27,29)/p+1/t24-/m1/s1. The van der Waals surface area contributed by atoms with E-state index in [9.17, 15) is 9.59 Å². The Hall–Kier alpha value is -2.96. The van der Waals surface area contributed by atoms with E-state index in [1.807, 2.05) is 6.07 Å². The molecule has 30 heavy (non-hydrogen) atoms. The van der Waals surface area contributed by atoms with Gasteiger partial charge in [0.15, 0.2) is 6.54 Å². The first-order valence-electron chi connectivity index (χ1n) is 10.1. The fourth-order valence-corrected chi connectivity index (χ4v) is 4.10. The Kier molecular flexibility index (Phi) is 7.38. The smallest absolute Gasteiger partial charge is 0.279 e. The first kappa shape index (κ1) is 21.7. The summed E-state index contributed by atoms with van der Waals surface area (Å²) in [7, 11) is 0. The Morgan fingerprint density at radius 2 is 1.50 bits per heavy atom. The van der Waals surface area contributed by atoms with Crippen LogP contribution in [0.15, 0.2) is 66.0 Å². The largest absolute Gasteiger partial charge is 0.328 e. The van der Waals surface area contributed by atoms with Crippen molar-refractivity contribution in [3.05, 3.63) is 82.0 Å². The highest BCUT2D eigenvalue weighted by Crippen LogP contribution is 2.24. The number of nitrogens with two attached hydrogens (primary N) is 1. The van der Waals surface area contributed by atoms with Crippen molar-refractivity contribution in [3.63, 3.8) is 0 Å². The van der Waals surface area contributed by atoms with Crippen LogP contribution < -0.4 is 16.0 Å². The zero-order valence-electron chi connectivity index (χ0n) is 17.5. The number of hydrogen-bond acceptors (Lipinski definition) is 3. The molecule has 1 heterocycles. The Morgan fingerprint density at radius 3 is 2.03 bits per heavy atom. The van der Waals surface area contributed by atoms with Gasteiger partial charge < -0.3 is 16.0 Å². The molecule has 0 fully saturated rings. The first-order chi connectivity index (χ1) is 14.4. The van der Waals surface area contributed by atoms with Crippen LogP contribution in [0.1, 0.15) is 48.7 Å². The molecule has 0 aliphatic carbocycles. The van der Waals surface area contributed by atoms with Gasteiger partial charge in [-0.05, 0) is 47.2 Å². The molecule has 2 aromatic carbocycles. The van der Waals surface area contributed by atoms with Crippen molar-refractivity contribution in [3.8, 4) is 0 Å². The molecule has 5 nitrogen and oxygen atoms in total. The third-order valence-electron chi connectivity index (χ3n) is 4.84. The molecular weight excluding hydrogens is 394 g/mol. The summed E-state index contributed by atoms with van der Waals surface area (Å²) >= 11 is 1.70. The number of anilines is 2. The van der Waals surface area contributed by atoms with Gasteiger partial charge in [0.25, 0.3) is 5.91 Å². The van der Waals surface area contributed by atoms with Gasteiger partial charge >= 0.3 is 0 Å². The molecular formula is C24H28N3O2S+. The summed E-state index contributed by atoms with van der Waals surface area (Å²) in [5.41, 5.74) is 3.91. The van der Waals surface area contributed by atoms with Gasteiger partial charge in [-0.25, -0.2) is 0 Å². The average Bonchev–Trinajstić information content (AvgIpc) is 3.24. The molecule has 1 aromatic heterocycles. The number of carbonyl (C=O) groups is 2. The lowest BCUT2D eigenvalue weighted by Gasteiger charge is -2.16. The summed E-state index contributed by atoms with van der Waals surface area (Å²) in [5, 5.41) is 9.76. The lowest BCUT2D eigenvalue weighted by Crippen LogP contribution is -2.87. The van der Waals surface area contributed by atoms with E-state index in [2.05, 4.69) is 65.5 Å². The summed E-state index contributed by atoms with van der Waals surface area (Å²) in [6.07, 6.45) is 0. The van der Waals surface area contributed by atoms with Crippen molar-refractivity contribution < 1.29 is 14.9 Å². The number of quaternary nitrogens is 1. The molecule has 0 aliphatic rings. The number of rotatable bonds is 8. The van der Waals surface area contributed by atoms with Crippen LogP contribution >= 0.6 is 11.3 Å². The number of hydrogen-bond donors (Lipinski definition) is 3. The van der Waals surface area contributed by atoms with Crippen molar-refractivity contribution in [1.82, 2.24) is 0 Å². The van der Waals surface area contributed by atoms with Gasteiger partial charge in [-0.3, -0.25) is 9.59 Å². The predicted molar refractivity (Wildman–Crippen MR) is 123 cm³/mol. The highest BCUT2D eigenvalue weighted by atomic mass is 32.1. The van der Waals surface area contributed by atoms with Gasteiger partial charge in [0, 0.05) is 23.9 Å². The van der Waals surface area contributed by atoms with Crippen molar-refractivity contribution in [2.45, 2.75) is 32.7 Å². The SMILES string of the molecule is CC(=O)Nc1ccc(NC(=O)C[NH2+][C@H](c2ccc(C(C)C)cc2)c2cccs2)cc1. The second-order valence-corrected chi connectivity index (χ2v) is 8.54. The molecule has 156 valence electrons. The monoisotopic (exact) mass is 422 g/mol. The zero-order valence-corrected chi connectivity index (χ0v) is 18.3. The maximum absolute atomic E-state index is 12.5. The van der Waals surface area contributed by atoms with E-state index in [0.29, 0.717) is 23.8 Å². The van der Waals surface area contributed by atoms with Crippen molar-refractivity contribution in [2.24, 2.45) is 0 Å². The molecule has 0 aliphatic heterocycles. The number of amides is 2. The molecule has 6 heteroatoms. The minimum absolute atomic E-state index is 0.0670. The average molecular weight is 423 g/mol. The Labute approximate surface area is 181 Å². The van der Waals surface area contributed by atoms with E-state index in [1.54, 1.807) is 35.6 Å². The molecule has 0 saturated carbocycles. The molecule has 0 spiro atoms. The van der Waals surface area contributed by atoms with E-state index in [-0.39, 0.29) is 17.9 Å². The zero-order chi connectivity index (χ0) is 21.5. The maximum Gasteiger partial charge on any atom is 0.279 e. The third kappa shape index (κ3) is 6.02. The molecule has 0 unspecified atom stereocenters. The van der Waals surface area contributed by atoms with Crippen LogP contribution in [0.5, 0.6) is 0 Å². The summed E-state index contributed by atoms with van der Waals surface area (Å²) < 4.78 is 0. The summed E-state index contributed by atoms with van der Waals surface area (Å²) in [6, 6.07) is 20.0. The van der Waals surface area contributed by atoms with Crippen LogP contribution in [0.2, 0.25) is 0 Å². The fourth-order valence-electron chi connectivity index (χ4n) is 3.25. The van der Waals surface area contributed by atoms with Gasteiger partial charge in [-0.1, -0.05) is 44.2 Å². The molecule has 2 amide bonds. The Bertz CT molecular complexity index is 965. The first-order valence-corrected chi connectivity index (χ1v) is 10.9. The molecule has 4 N–H and O–H groups in total. The molecule has 0 bridgehead atoms. The van der Waals surface area contributed by atoms with E-state index in [1.165, 1.54) is 22.9 Å². The fraction of sp³-hybridized carbons (Fsp3) is 0.250. The molecule has 0 saturated heterocycles. The number of carbonyl (C=O) groups excluding carboxylic acids is 2. The summed E-state index contributed by atoms with van der Waals surface area (Å²) in [6.45, 7) is 6.14. The van der Waals surface area contributed by atoms with Crippen LogP contribution in [0.4, 0.5) is 11.4 Å². The lowest BCUT2D eigenvalue weighted by molar-refractivity contribution is -0.675. The normalized spacial score (nSPS) is 11.9. The van der Waals surface area contributed by atoms with Gasteiger partial charge in [-0.15, -0.1) is 11.3 Å². The van der Waals surface area contributed by atoms with E-state index in [4.69, 9.17) is 0 Å². The Morgan fingerprint density at radius 1 is 0.900 bits per heavy atom. The lowest BCUT2D eigenvalue weighted by atomic mass is 9.98. The van der Waals surface area contributed by atoms with Crippen LogP contribution in [0.3, 0.4) is 0 Å². The van der Waals surface area contributed by atoms with Crippen LogP contribution in [-0.4, -0.2) is 18.4 Å². The quantitative estimate of drug-likeness (QED) is 0.511. The molecule has 0 radical (unpaired) electrons. The van der Waals surface area contributed by atoms with Gasteiger partial charge in [0.2, 0.25) is 5.91 Å². The van der Waals surface area contributed by atoms with Crippen LogP contribution in [-0.2, 0) is 9.59 Å². The van der Waals surface area contributed by atoms with E-state index >= 15 is 0 Å². The predicted octanol–water partition coefficient (Wildman–Crippen LogP) is 4.12. The third-order valence-corrected chi connectivity index (χ3v) is 5.80. The second-order valence-electron chi connectivity index (χ2n) is 7.56. The van der Waals surface area contributed by atoms with Crippen molar-refractivity contribution >= 4 is 34.5 Å². The number of thiophene rings is 1. The highest BCUT2D eigenvalue weighted by molar-refractivity contribution is 7.10. The maximum atomic E-state index is 12.5. The number of benzene rings is 2. The van der Waals surface area contributed by atoms with Gasteiger partial charge in [0.05, 0.1) is 4.88 Å². The Balaban J connectivity index is 1.64. The molecule has 3 rings (SSSR count).